The smallest absolute Gasteiger partial charge is 0.292 e. The van der Waals surface area contributed by atoms with Crippen LogP contribution < -0.4 is 5.73 Å². The van der Waals surface area contributed by atoms with E-state index in [1.165, 1.54) is 5.56 Å². The monoisotopic (exact) mass is 206 g/mol. The van der Waals surface area contributed by atoms with Gasteiger partial charge in [0.05, 0.1) is 0 Å². The third-order valence-electron chi connectivity index (χ3n) is 2.09. The lowest BCUT2D eigenvalue weighted by molar-refractivity contribution is 0.626. The average Bonchev–Trinajstić information content (AvgIpc) is 2.60. The fourth-order valence-electron chi connectivity index (χ4n) is 1.45. The molecule has 3 heteroatoms. The van der Waals surface area contributed by atoms with E-state index in [9.17, 15) is 0 Å². The van der Waals surface area contributed by atoms with Crippen molar-refractivity contribution in [2.75, 3.05) is 5.73 Å². The molecule has 0 saturated carbocycles. The van der Waals surface area contributed by atoms with Crippen molar-refractivity contribution >= 4 is 17.1 Å². The molecule has 2 rings (SSSR count). The Morgan fingerprint density at radius 3 is 2.53 bits per heavy atom. The lowest BCUT2D eigenvalue weighted by Gasteiger charge is -2.03. The van der Waals surface area contributed by atoms with Crippen LogP contribution in [0.4, 0.5) is 6.01 Å². The number of fused-ring (bicyclic) bond motifs is 1. The Labute approximate surface area is 90.3 Å². The van der Waals surface area contributed by atoms with Crippen LogP contribution in [0.15, 0.2) is 22.6 Å². The van der Waals surface area contributed by atoms with Gasteiger partial charge in [0, 0.05) is 0 Å². The van der Waals surface area contributed by atoms with Crippen LogP contribution in [-0.4, -0.2) is 4.98 Å². The molecule has 0 unspecified atom stereocenters. The van der Waals surface area contributed by atoms with Gasteiger partial charge in [-0.3, -0.25) is 0 Å². The summed E-state index contributed by atoms with van der Waals surface area (Å²) >= 11 is 0. The molecule has 0 amide bonds. The summed E-state index contributed by atoms with van der Waals surface area (Å²) in [6.07, 6.45) is 0. The van der Waals surface area contributed by atoms with Crippen molar-refractivity contribution in [2.24, 2.45) is 0 Å². The topological polar surface area (TPSA) is 52.0 Å². The fraction of sp³-hybridized carbons (Fsp3) is 0.417. The largest absolute Gasteiger partial charge is 0.424 e. The lowest BCUT2D eigenvalue weighted by atomic mass is 10.0. The van der Waals surface area contributed by atoms with E-state index in [1.54, 1.807) is 0 Å². The summed E-state index contributed by atoms with van der Waals surface area (Å²) in [6, 6.07) is 6.13. The predicted molar refractivity (Wildman–Crippen MR) is 63.9 cm³/mol. The Morgan fingerprint density at radius 1 is 1.27 bits per heavy atom. The van der Waals surface area contributed by atoms with Crippen LogP contribution in [0.1, 0.15) is 39.2 Å². The summed E-state index contributed by atoms with van der Waals surface area (Å²) < 4.78 is 5.23. The molecule has 1 aromatic carbocycles. The minimum Gasteiger partial charge on any atom is -0.424 e. The molecule has 0 fully saturated rings. The van der Waals surface area contributed by atoms with Crippen molar-refractivity contribution in [1.82, 2.24) is 4.98 Å². The highest BCUT2D eigenvalue weighted by Crippen LogP contribution is 2.25. The first-order valence-corrected chi connectivity index (χ1v) is 5.33. The Bertz CT molecular complexity index is 432. The van der Waals surface area contributed by atoms with E-state index < -0.39 is 0 Å². The van der Waals surface area contributed by atoms with E-state index in [0.29, 0.717) is 5.92 Å². The molecule has 2 aromatic rings. The lowest BCUT2D eigenvalue weighted by Crippen LogP contribution is -1.89. The summed E-state index contributed by atoms with van der Waals surface area (Å²) in [5.41, 5.74) is 8.31. The summed E-state index contributed by atoms with van der Waals surface area (Å²) in [6.45, 7) is 8.25. The molecular weight excluding hydrogens is 188 g/mol. The molecule has 0 atom stereocenters. The van der Waals surface area contributed by atoms with Crippen molar-refractivity contribution in [1.29, 1.82) is 0 Å². The van der Waals surface area contributed by atoms with Gasteiger partial charge < -0.3 is 10.2 Å². The Morgan fingerprint density at radius 2 is 1.93 bits per heavy atom. The zero-order valence-corrected chi connectivity index (χ0v) is 9.74. The molecule has 82 valence electrons. The zero-order chi connectivity index (χ0) is 11.4. The zero-order valence-electron chi connectivity index (χ0n) is 9.74. The summed E-state index contributed by atoms with van der Waals surface area (Å²) in [7, 11) is 0. The number of nitrogens with zero attached hydrogens (tertiary/aromatic N) is 1. The Balaban J connectivity index is 0.000000531. The number of para-hydroxylation sites is 1. The molecule has 15 heavy (non-hydrogen) atoms. The van der Waals surface area contributed by atoms with Crippen molar-refractivity contribution in [2.45, 2.75) is 33.6 Å². The molecule has 0 aliphatic carbocycles. The number of nitrogen functional groups attached to an aromatic ring is 1. The van der Waals surface area contributed by atoms with E-state index in [0.717, 1.165) is 11.1 Å². The molecule has 0 bridgehead atoms. The minimum atomic E-state index is 0.239. The van der Waals surface area contributed by atoms with Crippen molar-refractivity contribution < 1.29 is 4.42 Å². The highest BCUT2D eigenvalue weighted by atomic mass is 16.4. The van der Waals surface area contributed by atoms with Gasteiger partial charge in [-0.2, -0.15) is 4.98 Å². The molecule has 1 heterocycles. The van der Waals surface area contributed by atoms with Crippen LogP contribution in [-0.2, 0) is 0 Å². The van der Waals surface area contributed by atoms with Gasteiger partial charge in [-0.05, 0) is 17.5 Å². The second kappa shape index (κ2) is 4.82. The summed E-state index contributed by atoms with van der Waals surface area (Å²) in [4.78, 5) is 4.15. The van der Waals surface area contributed by atoms with Gasteiger partial charge in [-0.1, -0.05) is 39.8 Å². The van der Waals surface area contributed by atoms with Gasteiger partial charge in [-0.25, -0.2) is 0 Å². The van der Waals surface area contributed by atoms with E-state index in [1.807, 2.05) is 26.0 Å². The number of nitrogens with two attached hydrogens (primary N) is 1. The molecule has 0 aliphatic heterocycles. The third kappa shape index (κ3) is 2.29. The van der Waals surface area contributed by atoms with Crippen LogP contribution in [0.2, 0.25) is 0 Å². The second-order valence-corrected chi connectivity index (χ2v) is 3.40. The van der Waals surface area contributed by atoms with Crippen molar-refractivity contribution in [3.05, 3.63) is 23.8 Å². The molecular formula is C12H18N2O. The van der Waals surface area contributed by atoms with Crippen LogP contribution >= 0.6 is 0 Å². The maximum atomic E-state index is 5.48. The Kier molecular flexibility index (Phi) is 3.72. The van der Waals surface area contributed by atoms with E-state index in [-0.39, 0.29) is 6.01 Å². The first kappa shape index (κ1) is 11.6. The number of anilines is 1. The first-order valence-electron chi connectivity index (χ1n) is 5.33. The van der Waals surface area contributed by atoms with Crippen LogP contribution in [0.3, 0.4) is 0 Å². The number of hydrogen-bond donors (Lipinski definition) is 1. The Hall–Kier alpha value is -1.51. The number of rotatable bonds is 1. The van der Waals surface area contributed by atoms with Gasteiger partial charge >= 0.3 is 0 Å². The average molecular weight is 206 g/mol. The maximum absolute atomic E-state index is 5.48. The van der Waals surface area contributed by atoms with Gasteiger partial charge in [-0.15, -0.1) is 0 Å². The van der Waals surface area contributed by atoms with Crippen LogP contribution in [0.25, 0.3) is 11.1 Å². The standard InChI is InChI=1S/C10H12N2O.C2H6/c1-6(2)7-4-3-5-8-9(7)12-10(11)13-8;1-2/h3-6H,1-2H3,(H2,11,12);1-2H3. The minimum absolute atomic E-state index is 0.239. The van der Waals surface area contributed by atoms with E-state index >= 15 is 0 Å². The fourth-order valence-corrected chi connectivity index (χ4v) is 1.45. The second-order valence-electron chi connectivity index (χ2n) is 3.40. The van der Waals surface area contributed by atoms with Gasteiger partial charge in [0.1, 0.15) is 5.52 Å². The van der Waals surface area contributed by atoms with Crippen LogP contribution in [0.5, 0.6) is 0 Å². The van der Waals surface area contributed by atoms with Gasteiger partial charge in [0.25, 0.3) is 6.01 Å². The molecule has 0 radical (unpaired) electrons. The van der Waals surface area contributed by atoms with Crippen LogP contribution in [0, 0.1) is 0 Å². The van der Waals surface area contributed by atoms with Gasteiger partial charge in [0.2, 0.25) is 0 Å². The summed E-state index contributed by atoms with van der Waals surface area (Å²) in [5.74, 6) is 0.438. The maximum Gasteiger partial charge on any atom is 0.292 e. The normalized spacial score (nSPS) is 10.2. The molecule has 0 spiro atoms. The third-order valence-corrected chi connectivity index (χ3v) is 2.09. The first-order chi connectivity index (χ1) is 7.18. The molecule has 0 aliphatic rings. The SMILES string of the molecule is CC.CC(C)c1cccc2oc(N)nc12. The van der Waals surface area contributed by atoms with Gasteiger partial charge in [0.15, 0.2) is 5.58 Å². The molecule has 3 nitrogen and oxygen atoms in total. The van der Waals surface area contributed by atoms with Crippen molar-refractivity contribution in [3.8, 4) is 0 Å². The highest BCUT2D eigenvalue weighted by Gasteiger charge is 2.09. The number of hydrogen-bond acceptors (Lipinski definition) is 3. The molecule has 1 aromatic heterocycles. The van der Waals surface area contributed by atoms with E-state index in [2.05, 4.69) is 24.9 Å². The summed E-state index contributed by atoms with van der Waals surface area (Å²) in [5, 5.41) is 0. The predicted octanol–water partition coefficient (Wildman–Crippen LogP) is 3.56. The van der Waals surface area contributed by atoms with Crippen molar-refractivity contribution in [3.63, 3.8) is 0 Å². The number of benzene rings is 1. The molecule has 0 saturated heterocycles. The number of oxazole rings is 1. The molecule has 2 N–H and O–H groups in total. The highest BCUT2D eigenvalue weighted by molar-refractivity contribution is 5.78. The quantitative estimate of drug-likeness (QED) is 0.776. The number of aromatic nitrogens is 1. The van der Waals surface area contributed by atoms with E-state index in [4.69, 9.17) is 10.2 Å².